The minimum Gasteiger partial charge on any atom is -0.370 e. The topological polar surface area (TPSA) is 6.48 Å². The summed E-state index contributed by atoms with van der Waals surface area (Å²) in [7, 11) is 4.25. The van der Waals surface area contributed by atoms with Gasteiger partial charge in [0.2, 0.25) is 0 Å². The van der Waals surface area contributed by atoms with Crippen molar-refractivity contribution in [2.75, 3.05) is 23.9 Å². The van der Waals surface area contributed by atoms with Crippen LogP contribution in [0, 0.1) is 0 Å². The zero-order chi connectivity index (χ0) is 22.6. The summed E-state index contributed by atoms with van der Waals surface area (Å²) in [4.78, 5) is 4.50. The van der Waals surface area contributed by atoms with E-state index in [1.54, 1.807) is 0 Å². The average Bonchev–Trinajstić information content (AvgIpc) is 2.89. The molecule has 0 spiro atoms. The van der Waals surface area contributed by atoms with Gasteiger partial charge in [-0.15, -0.1) is 0 Å². The first-order valence-electron chi connectivity index (χ1n) is 11.4. The second-order valence-electron chi connectivity index (χ2n) is 8.53. The zero-order valence-electron chi connectivity index (χ0n) is 19.1. The summed E-state index contributed by atoms with van der Waals surface area (Å²) in [6.07, 6.45) is 0. The van der Waals surface area contributed by atoms with Crippen molar-refractivity contribution in [3.8, 4) is 11.1 Å². The number of hydrogen-bond donors (Lipinski definition) is 0. The van der Waals surface area contributed by atoms with Crippen LogP contribution in [0.1, 0.15) is 5.56 Å². The normalized spacial score (nSPS) is 10.8. The zero-order valence-corrected chi connectivity index (χ0v) is 19.1. The highest BCUT2D eigenvalue weighted by Crippen LogP contribution is 2.28. The van der Waals surface area contributed by atoms with E-state index < -0.39 is 0 Å². The Balaban J connectivity index is 1.28. The molecule has 0 fully saturated rings. The number of para-hydroxylation sites is 1. The summed E-state index contributed by atoms with van der Waals surface area (Å²) >= 11 is 0. The highest BCUT2D eigenvalue weighted by Gasteiger charge is 2.07. The number of benzene rings is 5. The van der Waals surface area contributed by atoms with Gasteiger partial charge in [-0.1, -0.05) is 78.9 Å². The smallest absolute Gasteiger partial charge is 0.0426 e. The molecule has 33 heavy (non-hydrogen) atoms. The van der Waals surface area contributed by atoms with E-state index in [0.29, 0.717) is 0 Å². The maximum atomic E-state index is 2.30. The second-order valence-corrected chi connectivity index (χ2v) is 8.53. The summed E-state index contributed by atoms with van der Waals surface area (Å²) < 4.78 is 0. The van der Waals surface area contributed by atoms with Crippen molar-refractivity contribution in [2.45, 2.75) is 6.54 Å². The lowest BCUT2D eigenvalue weighted by molar-refractivity contribution is 0.925. The van der Waals surface area contributed by atoms with Gasteiger partial charge in [-0.3, -0.25) is 0 Å². The predicted molar refractivity (Wildman–Crippen MR) is 142 cm³/mol. The summed E-state index contributed by atoms with van der Waals surface area (Å²) in [6, 6.07) is 43.3. The maximum absolute atomic E-state index is 2.30. The van der Waals surface area contributed by atoms with Gasteiger partial charge < -0.3 is 9.80 Å². The molecule has 0 N–H and O–H groups in total. The Bertz CT molecular complexity index is 1340. The van der Waals surface area contributed by atoms with E-state index in [2.05, 4.69) is 139 Å². The molecule has 0 atom stereocenters. The molecule has 0 amide bonds. The third kappa shape index (κ3) is 4.61. The lowest BCUT2D eigenvalue weighted by Crippen LogP contribution is -2.16. The van der Waals surface area contributed by atoms with E-state index in [1.807, 2.05) is 6.07 Å². The van der Waals surface area contributed by atoms with E-state index in [-0.39, 0.29) is 0 Å². The van der Waals surface area contributed by atoms with Gasteiger partial charge in [-0.05, 0) is 69.9 Å². The van der Waals surface area contributed by atoms with Crippen molar-refractivity contribution in [1.82, 2.24) is 0 Å². The predicted octanol–water partition coefficient (Wildman–Crippen LogP) is 7.91. The summed E-state index contributed by atoms with van der Waals surface area (Å²) in [5, 5.41) is 2.58. The molecular weight excluding hydrogens is 400 g/mol. The molecule has 5 aromatic rings. The Morgan fingerprint density at radius 2 is 1.03 bits per heavy atom. The van der Waals surface area contributed by atoms with E-state index in [9.17, 15) is 0 Å². The SMILES string of the molecule is CN(Cc1ccc2ccccc2c1)c1ccc(-c2ccc(N(C)c3ccccc3)cc2)cc1. The standard InChI is InChI=1S/C31H28N2/c1-32(23-24-12-13-25-8-6-7-9-28(25)22-24)29-18-14-26(15-19-29)27-16-20-31(21-17-27)33(2)30-10-4-3-5-11-30/h3-22H,23H2,1-2H3. The molecule has 0 saturated carbocycles. The molecule has 2 nitrogen and oxygen atoms in total. The largest absolute Gasteiger partial charge is 0.370 e. The van der Waals surface area contributed by atoms with Crippen LogP contribution in [0.15, 0.2) is 121 Å². The Morgan fingerprint density at radius 1 is 0.485 bits per heavy atom. The van der Waals surface area contributed by atoms with Crippen LogP contribution in [-0.2, 0) is 6.54 Å². The molecule has 5 aromatic carbocycles. The Hall–Kier alpha value is -4.04. The summed E-state index contributed by atoms with van der Waals surface area (Å²) in [5.74, 6) is 0. The van der Waals surface area contributed by atoms with Crippen LogP contribution >= 0.6 is 0 Å². The Labute approximate surface area is 196 Å². The molecule has 0 aliphatic rings. The van der Waals surface area contributed by atoms with E-state index >= 15 is 0 Å². The van der Waals surface area contributed by atoms with Crippen LogP contribution < -0.4 is 9.80 Å². The second kappa shape index (κ2) is 9.22. The molecule has 0 aliphatic heterocycles. The highest BCUT2D eigenvalue weighted by atomic mass is 15.1. The van der Waals surface area contributed by atoms with Crippen molar-refractivity contribution in [2.24, 2.45) is 0 Å². The summed E-state index contributed by atoms with van der Waals surface area (Å²) in [6.45, 7) is 0.880. The van der Waals surface area contributed by atoms with Gasteiger partial charge in [0.25, 0.3) is 0 Å². The Kier molecular flexibility index (Phi) is 5.82. The lowest BCUT2D eigenvalue weighted by Gasteiger charge is -2.21. The third-order valence-electron chi connectivity index (χ3n) is 6.27. The van der Waals surface area contributed by atoms with Gasteiger partial charge in [-0.25, -0.2) is 0 Å². The van der Waals surface area contributed by atoms with Gasteiger partial charge in [-0.2, -0.15) is 0 Å². The lowest BCUT2D eigenvalue weighted by atomic mass is 10.0. The molecule has 2 heteroatoms. The highest BCUT2D eigenvalue weighted by molar-refractivity contribution is 5.83. The van der Waals surface area contributed by atoms with Gasteiger partial charge in [0, 0.05) is 37.7 Å². The van der Waals surface area contributed by atoms with Crippen LogP contribution in [0.3, 0.4) is 0 Å². The maximum Gasteiger partial charge on any atom is 0.0426 e. The number of nitrogens with zero attached hydrogens (tertiary/aromatic N) is 2. The molecule has 0 unspecified atom stereocenters. The quantitative estimate of drug-likeness (QED) is 0.271. The fraction of sp³-hybridized carbons (Fsp3) is 0.0968. The first kappa shape index (κ1) is 20.8. The van der Waals surface area contributed by atoms with Crippen LogP contribution in [0.5, 0.6) is 0 Å². The van der Waals surface area contributed by atoms with Crippen molar-refractivity contribution >= 4 is 27.8 Å². The van der Waals surface area contributed by atoms with Gasteiger partial charge in [0.1, 0.15) is 0 Å². The molecule has 5 rings (SSSR count). The van der Waals surface area contributed by atoms with Gasteiger partial charge in [0.15, 0.2) is 0 Å². The fourth-order valence-corrected chi connectivity index (χ4v) is 4.29. The molecular formula is C31H28N2. The van der Waals surface area contributed by atoms with Crippen molar-refractivity contribution in [3.05, 3.63) is 127 Å². The van der Waals surface area contributed by atoms with Crippen molar-refractivity contribution in [1.29, 1.82) is 0 Å². The number of fused-ring (bicyclic) bond motifs is 1. The molecule has 162 valence electrons. The minimum absolute atomic E-state index is 0.880. The molecule has 0 aliphatic carbocycles. The molecule has 0 heterocycles. The number of hydrogen-bond acceptors (Lipinski definition) is 2. The van der Waals surface area contributed by atoms with Crippen LogP contribution in [0.2, 0.25) is 0 Å². The summed E-state index contributed by atoms with van der Waals surface area (Å²) in [5.41, 5.74) is 7.35. The Morgan fingerprint density at radius 3 is 1.70 bits per heavy atom. The first-order valence-corrected chi connectivity index (χ1v) is 11.4. The molecule has 0 aromatic heterocycles. The fourth-order valence-electron chi connectivity index (χ4n) is 4.29. The number of rotatable bonds is 6. The first-order chi connectivity index (χ1) is 16.2. The van der Waals surface area contributed by atoms with Crippen molar-refractivity contribution in [3.63, 3.8) is 0 Å². The van der Waals surface area contributed by atoms with E-state index in [4.69, 9.17) is 0 Å². The minimum atomic E-state index is 0.880. The molecule has 0 saturated heterocycles. The van der Waals surface area contributed by atoms with E-state index in [1.165, 1.54) is 44.5 Å². The van der Waals surface area contributed by atoms with Crippen LogP contribution in [0.4, 0.5) is 17.1 Å². The average molecular weight is 429 g/mol. The molecule has 0 radical (unpaired) electrons. The van der Waals surface area contributed by atoms with Gasteiger partial charge in [0.05, 0.1) is 0 Å². The van der Waals surface area contributed by atoms with Crippen LogP contribution in [-0.4, -0.2) is 14.1 Å². The third-order valence-corrected chi connectivity index (χ3v) is 6.27. The van der Waals surface area contributed by atoms with Crippen LogP contribution in [0.25, 0.3) is 21.9 Å². The monoisotopic (exact) mass is 428 g/mol. The molecule has 0 bridgehead atoms. The van der Waals surface area contributed by atoms with E-state index in [0.717, 1.165) is 6.54 Å². The van der Waals surface area contributed by atoms with Crippen molar-refractivity contribution < 1.29 is 0 Å². The van der Waals surface area contributed by atoms with Gasteiger partial charge >= 0.3 is 0 Å². The number of anilines is 3.